The molecule has 0 saturated carbocycles. The van der Waals surface area contributed by atoms with Crippen molar-refractivity contribution in [2.45, 2.75) is 20.3 Å². The summed E-state index contributed by atoms with van der Waals surface area (Å²) in [6.07, 6.45) is 0.895. The van der Waals surface area contributed by atoms with Gasteiger partial charge < -0.3 is 21.1 Å². The minimum Gasteiger partial charge on any atom is -0.495 e. The summed E-state index contributed by atoms with van der Waals surface area (Å²) in [6.45, 7) is 4.75. The molecule has 0 aliphatic heterocycles. The summed E-state index contributed by atoms with van der Waals surface area (Å²) in [7, 11) is 1.49. The van der Waals surface area contributed by atoms with Crippen LogP contribution in [0.3, 0.4) is 0 Å². The van der Waals surface area contributed by atoms with E-state index in [1.807, 2.05) is 0 Å². The standard InChI is InChI=1S/C14H21N3O3/c1-9(2)6-7-16-14(19)17-11-8-10(13(15)18)4-5-12(11)20-3/h4-5,8-9H,6-7H2,1-3H3,(H2,15,18)(H2,16,17,19). The Kier molecular flexibility index (Phi) is 5.83. The summed E-state index contributed by atoms with van der Waals surface area (Å²) < 4.78 is 5.13. The van der Waals surface area contributed by atoms with Crippen LogP contribution in [0.15, 0.2) is 18.2 Å². The quantitative estimate of drug-likeness (QED) is 0.743. The maximum absolute atomic E-state index is 11.7. The van der Waals surface area contributed by atoms with E-state index in [-0.39, 0.29) is 6.03 Å². The number of anilines is 1. The molecule has 0 spiro atoms. The first-order chi connectivity index (χ1) is 9.43. The van der Waals surface area contributed by atoms with Crippen LogP contribution in [-0.2, 0) is 0 Å². The molecule has 1 rings (SSSR count). The van der Waals surface area contributed by atoms with Crippen molar-refractivity contribution in [2.24, 2.45) is 11.7 Å². The van der Waals surface area contributed by atoms with E-state index < -0.39 is 5.91 Å². The van der Waals surface area contributed by atoms with Crippen LogP contribution in [0.5, 0.6) is 5.75 Å². The van der Waals surface area contributed by atoms with Gasteiger partial charge in [-0.15, -0.1) is 0 Å². The molecule has 0 unspecified atom stereocenters. The van der Waals surface area contributed by atoms with Gasteiger partial charge in [-0.3, -0.25) is 4.79 Å². The van der Waals surface area contributed by atoms with Gasteiger partial charge in [-0.05, 0) is 30.5 Å². The number of nitrogens with two attached hydrogens (primary N) is 1. The molecular weight excluding hydrogens is 258 g/mol. The summed E-state index contributed by atoms with van der Waals surface area (Å²) in [5.74, 6) is 0.424. The number of benzene rings is 1. The minimum absolute atomic E-state index is 0.309. The second-order valence-electron chi connectivity index (χ2n) is 4.84. The number of ether oxygens (including phenoxy) is 1. The van der Waals surface area contributed by atoms with Crippen molar-refractivity contribution in [1.82, 2.24) is 5.32 Å². The van der Waals surface area contributed by atoms with Crippen LogP contribution >= 0.6 is 0 Å². The molecular formula is C14H21N3O3. The molecule has 0 radical (unpaired) electrons. The number of carbonyl (C=O) groups excluding carboxylic acids is 2. The molecule has 0 aromatic heterocycles. The number of hydrogen-bond donors (Lipinski definition) is 3. The van der Waals surface area contributed by atoms with Crippen molar-refractivity contribution < 1.29 is 14.3 Å². The van der Waals surface area contributed by atoms with Gasteiger partial charge in [0, 0.05) is 12.1 Å². The Morgan fingerprint density at radius 3 is 2.60 bits per heavy atom. The van der Waals surface area contributed by atoms with E-state index in [0.29, 0.717) is 29.5 Å². The van der Waals surface area contributed by atoms with Crippen LogP contribution in [0.1, 0.15) is 30.6 Å². The van der Waals surface area contributed by atoms with Gasteiger partial charge in [0.1, 0.15) is 5.75 Å². The topological polar surface area (TPSA) is 93.4 Å². The molecule has 0 aliphatic carbocycles. The van der Waals surface area contributed by atoms with Gasteiger partial charge in [-0.1, -0.05) is 13.8 Å². The Balaban J connectivity index is 2.71. The van der Waals surface area contributed by atoms with Crippen molar-refractivity contribution in [1.29, 1.82) is 0 Å². The summed E-state index contributed by atoms with van der Waals surface area (Å²) in [5, 5.41) is 5.39. The number of hydrogen-bond acceptors (Lipinski definition) is 3. The molecule has 6 heteroatoms. The molecule has 0 fully saturated rings. The van der Waals surface area contributed by atoms with Crippen molar-refractivity contribution in [3.05, 3.63) is 23.8 Å². The fraction of sp³-hybridized carbons (Fsp3) is 0.429. The van der Waals surface area contributed by atoms with E-state index in [9.17, 15) is 9.59 Å². The molecule has 4 N–H and O–H groups in total. The number of primary amides is 1. The lowest BCUT2D eigenvalue weighted by Gasteiger charge is -2.12. The number of rotatable bonds is 6. The second kappa shape index (κ2) is 7.37. The zero-order valence-corrected chi connectivity index (χ0v) is 12.0. The predicted octanol–water partition coefficient (Wildman–Crippen LogP) is 1.96. The van der Waals surface area contributed by atoms with E-state index in [1.54, 1.807) is 12.1 Å². The average Bonchev–Trinajstić information content (AvgIpc) is 2.38. The first-order valence-corrected chi connectivity index (χ1v) is 6.46. The van der Waals surface area contributed by atoms with Crippen LogP contribution in [0.25, 0.3) is 0 Å². The lowest BCUT2D eigenvalue weighted by atomic mass is 10.1. The zero-order chi connectivity index (χ0) is 15.1. The Hall–Kier alpha value is -2.24. The van der Waals surface area contributed by atoms with Gasteiger partial charge in [0.2, 0.25) is 5.91 Å². The smallest absolute Gasteiger partial charge is 0.319 e. The molecule has 110 valence electrons. The molecule has 20 heavy (non-hydrogen) atoms. The summed E-state index contributed by atoms with van der Waals surface area (Å²) in [5.41, 5.74) is 5.93. The first kappa shape index (κ1) is 15.8. The van der Waals surface area contributed by atoms with Crippen molar-refractivity contribution in [2.75, 3.05) is 19.0 Å². The van der Waals surface area contributed by atoms with Crippen LogP contribution < -0.4 is 21.1 Å². The Bertz CT molecular complexity index is 487. The molecule has 1 aromatic rings. The van der Waals surface area contributed by atoms with Gasteiger partial charge >= 0.3 is 6.03 Å². The fourth-order valence-corrected chi connectivity index (χ4v) is 1.60. The van der Waals surface area contributed by atoms with Crippen molar-refractivity contribution in [3.8, 4) is 5.75 Å². The minimum atomic E-state index is -0.559. The third-order valence-corrected chi connectivity index (χ3v) is 2.74. The van der Waals surface area contributed by atoms with E-state index in [1.165, 1.54) is 13.2 Å². The monoisotopic (exact) mass is 279 g/mol. The molecule has 6 nitrogen and oxygen atoms in total. The largest absolute Gasteiger partial charge is 0.495 e. The third-order valence-electron chi connectivity index (χ3n) is 2.74. The predicted molar refractivity (Wildman–Crippen MR) is 78.0 cm³/mol. The number of nitrogens with one attached hydrogen (secondary N) is 2. The SMILES string of the molecule is COc1ccc(C(N)=O)cc1NC(=O)NCCC(C)C. The van der Waals surface area contributed by atoms with Crippen LogP contribution in [0.2, 0.25) is 0 Å². The van der Waals surface area contributed by atoms with E-state index in [0.717, 1.165) is 6.42 Å². The lowest BCUT2D eigenvalue weighted by molar-refractivity contribution is 0.1000. The highest BCUT2D eigenvalue weighted by Gasteiger charge is 2.10. The van der Waals surface area contributed by atoms with Gasteiger partial charge in [0.25, 0.3) is 0 Å². The van der Waals surface area contributed by atoms with Crippen LogP contribution in [0.4, 0.5) is 10.5 Å². The Labute approximate surface area is 118 Å². The van der Waals surface area contributed by atoms with Crippen molar-refractivity contribution >= 4 is 17.6 Å². The fourth-order valence-electron chi connectivity index (χ4n) is 1.60. The van der Waals surface area contributed by atoms with Gasteiger partial charge in [0.05, 0.1) is 12.8 Å². The third kappa shape index (κ3) is 4.79. The van der Waals surface area contributed by atoms with Crippen LogP contribution in [-0.4, -0.2) is 25.6 Å². The summed E-state index contributed by atoms with van der Waals surface area (Å²) in [6, 6.07) is 4.28. The highest BCUT2D eigenvalue weighted by Crippen LogP contribution is 2.25. The molecule has 0 heterocycles. The van der Waals surface area contributed by atoms with E-state index in [4.69, 9.17) is 10.5 Å². The Morgan fingerprint density at radius 1 is 1.35 bits per heavy atom. The van der Waals surface area contributed by atoms with Gasteiger partial charge in [-0.25, -0.2) is 4.79 Å². The van der Waals surface area contributed by atoms with Crippen LogP contribution in [0, 0.1) is 5.92 Å². The van der Waals surface area contributed by atoms with Crippen molar-refractivity contribution in [3.63, 3.8) is 0 Å². The second-order valence-corrected chi connectivity index (χ2v) is 4.84. The zero-order valence-electron chi connectivity index (χ0n) is 12.0. The highest BCUT2D eigenvalue weighted by molar-refractivity contribution is 5.97. The van der Waals surface area contributed by atoms with Gasteiger partial charge in [-0.2, -0.15) is 0 Å². The maximum atomic E-state index is 11.7. The summed E-state index contributed by atoms with van der Waals surface area (Å²) in [4.78, 5) is 22.9. The number of amides is 3. The maximum Gasteiger partial charge on any atom is 0.319 e. The normalized spacial score (nSPS) is 10.2. The molecule has 0 aliphatic rings. The number of urea groups is 1. The Morgan fingerprint density at radius 2 is 2.05 bits per heavy atom. The summed E-state index contributed by atoms with van der Waals surface area (Å²) >= 11 is 0. The first-order valence-electron chi connectivity index (χ1n) is 6.46. The molecule has 0 bridgehead atoms. The van der Waals surface area contributed by atoms with E-state index >= 15 is 0 Å². The number of methoxy groups -OCH3 is 1. The molecule has 0 atom stereocenters. The number of carbonyl (C=O) groups is 2. The molecule has 1 aromatic carbocycles. The highest BCUT2D eigenvalue weighted by atomic mass is 16.5. The average molecular weight is 279 g/mol. The van der Waals surface area contributed by atoms with E-state index in [2.05, 4.69) is 24.5 Å². The van der Waals surface area contributed by atoms with Gasteiger partial charge in [0.15, 0.2) is 0 Å². The molecule has 0 saturated heterocycles. The lowest BCUT2D eigenvalue weighted by Crippen LogP contribution is -2.30. The molecule has 3 amide bonds.